The third-order valence-electron chi connectivity index (χ3n) is 3.03. The van der Waals surface area contributed by atoms with Gasteiger partial charge in [-0.2, -0.15) is 0 Å². The minimum Gasteiger partial charge on any atom is -0.294 e. The number of hydrogen-bond acceptors (Lipinski definition) is 1. The van der Waals surface area contributed by atoms with E-state index in [0.29, 0.717) is 5.56 Å². The van der Waals surface area contributed by atoms with Crippen molar-refractivity contribution in [1.82, 2.24) is 0 Å². The molecule has 2 rings (SSSR count). The van der Waals surface area contributed by atoms with E-state index in [1.54, 1.807) is 18.2 Å². The average Bonchev–Trinajstić information content (AvgIpc) is 2.84. The summed E-state index contributed by atoms with van der Waals surface area (Å²) < 4.78 is 13.8. The molecule has 0 heterocycles. The number of carbonyl (C=O) groups excluding carboxylic acids is 1. The van der Waals surface area contributed by atoms with Gasteiger partial charge in [0.25, 0.3) is 0 Å². The topological polar surface area (TPSA) is 17.1 Å². The summed E-state index contributed by atoms with van der Waals surface area (Å²) in [6.07, 6.45) is 2.04. The zero-order valence-electron chi connectivity index (χ0n) is 8.43. The van der Waals surface area contributed by atoms with E-state index in [9.17, 15) is 9.18 Å². The Hall–Kier alpha value is -1.18. The number of carbonyl (C=O) groups is 1. The molecule has 0 saturated heterocycles. The van der Waals surface area contributed by atoms with Crippen LogP contribution in [-0.2, 0) is 5.41 Å². The summed E-state index contributed by atoms with van der Waals surface area (Å²) in [7, 11) is 0. The van der Waals surface area contributed by atoms with E-state index in [4.69, 9.17) is 0 Å². The molecule has 0 atom stereocenters. The second-order valence-electron chi connectivity index (χ2n) is 4.28. The fraction of sp³-hybridized carbons (Fsp3) is 0.417. The molecule has 1 nitrogen and oxygen atoms in total. The van der Waals surface area contributed by atoms with Crippen molar-refractivity contribution in [2.45, 2.75) is 32.1 Å². The van der Waals surface area contributed by atoms with E-state index >= 15 is 0 Å². The molecule has 0 N–H and O–H groups in total. The molecule has 2 heteroatoms. The first-order valence-electron chi connectivity index (χ1n) is 4.84. The summed E-state index contributed by atoms with van der Waals surface area (Å²) in [6, 6.07) is 5.10. The molecular weight excluding hydrogens is 179 g/mol. The van der Waals surface area contributed by atoms with Gasteiger partial charge in [-0.15, -0.1) is 0 Å². The first-order chi connectivity index (χ1) is 6.54. The maximum absolute atomic E-state index is 13.8. The normalized spacial score (nSPS) is 17.9. The Labute approximate surface area is 82.9 Å². The smallest absolute Gasteiger partial charge is 0.162 e. The Bertz CT molecular complexity index is 391. The van der Waals surface area contributed by atoms with Crippen LogP contribution in [0.1, 0.15) is 42.6 Å². The summed E-state index contributed by atoms with van der Waals surface area (Å²) in [6.45, 7) is 3.44. The van der Waals surface area contributed by atoms with Crippen molar-refractivity contribution in [2.75, 3.05) is 0 Å². The minimum absolute atomic E-state index is 0.0183. The highest BCUT2D eigenvalue weighted by atomic mass is 19.1. The summed E-state index contributed by atoms with van der Waals surface area (Å²) in [5.74, 6) is -0.520. The lowest BCUT2D eigenvalue weighted by molar-refractivity contribution is 0.101. The van der Waals surface area contributed by atoms with Crippen molar-refractivity contribution in [3.8, 4) is 0 Å². The summed E-state index contributed by atoms with van der Waals surface area (Å²) in [5, 5.41) is 0. The van der Waals surface area contributed by atoms with Crippen molar-refractivity contribution >= 4 is 5.78 Å². The van der Waals surface area contributed by atoms with Crippen molar-refractivity contribution in [1.29, 1.82) is 0 Å². The fourth-order valence-corrected chi connectivity index (χ4v) is 1.73. The van der Waals surface area contributed by atoms with Crippen LogP contribution in [0.4, 0.5) is 4.39 Å². The Morgan fingerprint density at radius 1 is 1.43 bits per heavy atom. The lowest BCUT2D eigenvalue weighted by atomic mass is 9.95. The molecule has 0 radical (unpaired) electrons. The van der Waals surface area contributed by atoms with Crippen molar-refractivity contribution in [3.63, 3.8) is 0 Å². The van der Waals surface area contributed by atoms with Gasteiger partial charge < -0.3 is 0 Å². The predicted molar refractivity (Wildman–Crippen MR) is 53.0 cm³/mol. The van der Waals surface area contributed by atoms with Gasteiger partial charge in [-0.1, -0.05) is 19.1 Å². The summed E-state index contributed by atoms with van der Waals surface area (Å²) in [4.78, 5) is 11.1. The van der Waals surface area contributed by atoms with Crippen LogP contribution in [0.25, 0.3) is 0 Å². The molecule has 1 aromatic rings. The number of hydrogen-bond donors (Lipinski definition) is 0. The van der Waals surface area contributed by atoms with Crippen LogP contribution in [-0.4, -0.2) is 5.78 Å². The number of halogens is 1. The summed E-state index contributed by atoms with van der Waals surface area (Å²) in [5.41, 5.74) is 0.899. The molecule has 1 aromatic carbocycles. The largest absolute Gasteiger partial charge is 0.294 e. The van der Waals surface area contributed by atoms with Crippen molar-refractivity contribution < 1.29 is 9.18 Å². The lowest BCUT2D eigenvalue weighted by Crippen LogP contribution is -2.07. The van der Waals surface area contributed by atoms with Crippen LogP contribution in [0.15, 0.2) is 18.2 Å². The van der Waals surface area contributed by atoms with E-state index in [-0.39, 0.29) is 22.6 Å². The molecule has 0 spiro atoms. The number of ketones is 1. The van der Waals surface area contributed by atoms with Gasteiger partial charge in [0.05, 0.1) is 5.56 Å². The zero-order chi connectivity index (χ0) is 10.3. The standard InChI is InChI=1S/C12H13FO/c1-8(14)9-4-3-5-10(11(9)13)12(2)6-7-12/h3-5H,6-7H2,1-2H3. The van der Waals surface area contributed by atoms with Crippen LogP contribution in [0, 0.1) is 5.82 Å². The Morgan fingerprint density at radius 3 is 2.57 bits per heavy atom. The van der Waals surface area contributed by atoms with Gasteiger partial charge >= 0.3 is 0 Å². The van der Waals surface area contributed by atoms with Gasteiger partial charge in [0.1, 0.15) is 5.82 Å². The first-order valence-corrected chi connectivity index (χ1v) is 4.84. The fourth-order valence-electron chi connectivity index (χ4n) is 1.73. The average molecular weight is 192 g/mol. The van der Waals surface area contributed by atoms with Gasteiger partial charge in [0.2, 0.25) is 0 Å². The van der Waals surface area contributed by atoms with Crippen molar-refractivity contribution in [3.05, 3.63) is 35.1 Å². The molecule has 1 fully saturated rings. The number of Topliss-reactive ketones (excluding diaryl/α,β-unsaturated/α-hetero) is 1. The predicted octanol–water partition coefficient (Wildman–Crippen LogP) is 3.08. The Kier molecular flexibility index (Phi) is 1.95. The van der Waals surface area contributed by atoms with E-state index in [2.05, 4.69) is 0 Å². The quantitative estimate of drug-likeness (QED) is 0.658. The van der Waals surface area contributed by atoms with Crippen LogP contribution < -0.4 is 0 Å². The molecule has 0 aromatic heterocycles. The lowest BCUT2D eigenvalue weighted by Gasteiger charge is -2.11. The molecule has 1 aliphatic rings. The third kappa shape index (κ3) is 1.35. The summed E-state index contributed by atoms with van der Waals surface area (Å²) >= 11 is 0. The molecule has 0 unspecified atom stereocenters. The Morgan fingerprint density at radius 2 is 2.07 bits per heavy atom. The molecule has 0 aliphatic heterocycles. The molecule has 1 aliphatic carbocycles. The van der Waals surface area contributed by atoms with Crippen molar-refractivity contribution in [2.24, 2.45) is 0 Å². The van der Waals surface area contributed by atoms with Crippen LogP contribution in [0.5, 0.6) is 0 Å². The third-order valence-corrected chi connectivity index (χ3v) is 3.03. The molecule has 1 saturated carbocycles. The molecular formula is C12H13FO. The number of benzene rings is 1. The van der Waals surface area contributed by atoms with Gasteiger partial charge in [0.15, 0.2) is 5.78 Å². The maximum Gasteiger partial charge on any atom is 0.162 e. The molecule has 0 bridgehead atoms. The number of rotatable bonds is 2. The SMILES string of the molecule is CC(=O)c1cccc(C2(C)CC2)c1F. The van der Waals surface area contributed by atoms with E-state index in [1.807, 2.05) is 6.92 Å². The minimum atomic E-state index is -0.319. The highest BCUT2D eigenvalue weighted by Gasteiger charge is 2.41. The molecule has 14 heavy (non-hydrogen) atoms. The monoisotopic (exact) mass is 192 g/mol. The van der Waals surface area contributed by atoms with Gasteiger partial charge in [0, 0.05) is 0 Å². The second-order valence-corrected chi connectivity index (χ2v) is 4.28. The van der Waals surface area contributed by atoms with E-state index in [1.165, 1.54) is 6.92 Å². The second kappa shape index (κ2) is 2.91. The van der Waals surface area contributed by atoms with Crippen LogP contribution in [0.3, 0.4) is 0 Å². The maximum atomic E-state index is 13.8. The van der Waals surface area contributed by atoms with Gasteiger partial charge in [-0.3, -0.25) is 4.79 Å². The first kappa shape index (κ1) is 9.38. The highest BCUT2D eigenvalue weighted by Crippen LogP contribution is 2.48. The Balaban J connectivity index is 2.52. The van der Waals surface area contributed by atoms with Gasteiger partial charge in [-0.05, 0) is 36.8 Å². The molecule has 0 amide bonds. The van der Waals surface area contributed by atoms with Gasteiger partial charge in [-0.25, -0.2) is 4.39 Å². The highest BCUT2D eigenvalue weighted by molar-refractivity contribution is 5.94. The molecule has 74 valence electrons. The van der Waals surface area contributed by atoms with E-state index in [0.717, 1.165) is 12.8 Å². The van der Waals surface area contributed by atoms with Crippen LogP contribution in [0.2, 0.25) is 0 Å². The van der Waals surface area contributed by atoms with E-state index < -0.39 is 0 Å². The zero-order valence-corrected chi connectivity index (χ0v) is 8.43. The van der Waals surface area contributed by atoms with Crippen LogP contribution >= 0.6 is 0 Å².